The van der Waals surface area contributed by atoms with Gasteiger partial charge in [0.05, 0.1) is 6.10 Å². The van der Waals surface area contributed by atoms with Crippen LogP contribution >= 0.6 is 0 Å². The molecule has 0 radical (unpaired) electrons. The van der Waals surface area contributed by atoms with Crippen molar-refractivity contribution in [3.05, 3.63) is 0 Å². The number of rotatable bonds is 14. The van der Waals surface area contributed by atoms with E-state index in [4.69, 9.17) is 4.89 Å². The molecule has 0 saturated carbocycles. The Labute approximate surface area is 146 Å². The average Bonchev–Trinajstić information content (AvgIpc) is 2.42. The van der Waals surface area contributed by atoms with Gasteiger partial charge in [0.15, 0.2) is 0 Å². The SMILES string of the molecule is CCCCCCCCCCCCCC(=O)OOC(C)C.[Ti]. The number of hydrogen-bond donors (Lipinski definition) is 0. The largest absolute Gasteiger partial charge is 0.342 e. The van der Waals surface area contributed by atoms with Gasteiger partial charge in [0.25, 0.3) is 0 Å². The van der Waals surface area contributed by atoms with Gasteiger partial charge in [-0.15, -0.1) is 0 Å². The van der Waals surface area contributed by atoms with Crippen molar-refractivity contribution in [2.75, 3.05) is 0 Å². The number of carbonyl (C=O) groups is 1. The topological polar surface area (TPSA) is 35.5 Å². The number of carbonyl (C=O) groups excluding carboxylic acids is 1. The summed E-state index contributed by atoms with van der Waals surface area (Å²) in [5.74, 6) is -0.241. The third-order valence-electron chi connectivity index (χ3n) is 3.32. The normalized spacial score (nSPS) is 10.5. The maximum absolute atomic E-state index is 11.3. The van der Waals surface area contributed by atoms with Crippen LogP contribution in [0.15, 0.2) is 0 Å². The molecule has 0 aliphatic heterocycles. The summed E-state index contributed by atoms with van der Waals surface area (Å²) >= 11 is 0. The van der Waals surface area contributed by atoms with Crippen LogP contribution < -0.4 is 0 Å². The van der Waals surface area contributed by atoms with Gasteiger partial charge in [-0.2, -0.15) is 4.89 Å². The molecular weight excluding hydrogens is 300 g/mol. The first-order chi connectivity index (χ1) is 9.66. The molecule has 0 aliphatic carbocycles. The molecule has 3 nitrogen and oxygen atoms in total. The standard InChI is InChI=1S/C17H34O3.Ti/c1-4-5-6-7-8-9-10-11-12-13-14-15-17(18)20-19-16(2)3;/h16H,4-15H2,1-3H3;. The zero-order valence-corrected chi connectivity index (χ0v) is 15.8. The van der Waals surface area contributed by atoms with Crippen molar-refractivity contribution in [1.82, 2.24) is 0 Å². The molecule has 0 aromatic rings. The summed E-state index contributed by atoms with van der Waals surface area (Å²) in [6, 6.07) is 0. The average molecular weight is 334 g/mol. The van der Waals surface area contributed by atoms with Gasteiger partial charge < -0.3 is 0 Å². The smallest absolute Gasteiger partial charge is 0.298 e. The molecule has 0 fully saturated rings. The Hall–Kier alpha value is 0.144. The second-order valence-electron chi connectivity index (χ2n) is 5.89. The van der Waals surface area contributed by atoms with E-state index in [1.165, 1.54) is 57.8 Å². The molecule has 0 bridgehead atoms. The van der Waals surface area contributed by atoms with Crippen LogP contribution in [0.4, 0.5) is 0 Å². The predicted molar refractivity (Wildman–Crippen MR) is 83.4 cm³/mol. The Kier molecular flexibility index (Phi) is 20.3. The van der Waals surface area contributed by atoms with Crippen molar-refractivity contribution in [3.63, 3.8) is 0 Å². The third kappa shape index (κ3) is 20.1. The first-order valence-corrected chi connectivity index (χ1v) is 8.53. The minimum Gasteiger partial charge on any atom is -0.298 e. The molecule has 0 aromatic carbocycles. The molecule has 0 aromatic heterocycles. The van der Waals surface area contributed by atoms with E-state index >= 15 is 0 Å². The Bertz CT molecular complexity index is 220. The van der Waals surface area contributed by atoms with Crippen LogP contribution in [0.2, 0.25) is 0 Å². The molecule has 0 rings (SSSR count). The summed E-state index contributed by atoms with van der Waals surface area (Å²) < 4.78 is 0. The van der Waals surface area contributed by atoms with Crippen LogP contribution in [0.1, 0.15) is 97.8 Å². The van der Waals surface area contributed by atoms with Gasteiger partial charge in [-0.3, -0.25) is 4.89 Å². The van der Waals surface area contributed by atoms with Gasteiger partial charge in [-0.1, -0.05) is 71.1 Å². The van der Waals surface area contributed by atoms with Crippen molar-refractivity contribution in [3.8, 4) is 0 Å². The quantitative estimate of drug-likeness (QED) is 0.180. The molecule has 124 valence electrons. The summed E-state index contributed by atoms with van der Waals surface area (Å²) in [6.45, 7) is 5.94. The van der Waals surface area contributed by atoms with Gasteiger partial charge in [-0.05, 0) is 20.3 Å². The molecule has 0 unspecified atom stereocenters. The van der Waals surface area contributed by atoms with Crippen molar-refractivity contribution in [2.24, 2.45) is 0 Å². The molecule has 0 amide bonds. The monoisotopic (exact) mass is 334 g/mol. The Morgan fingerprint density at radius 1 is 0.810 bits per heavy atom. The molecule has 0 heterocycles. The van der Waals surface area contributed by atoms with E-state index in [1.807, 2.05) is 13.8 Å². The molecule has 0 atom stereocenters. The van der Waals surface area contributed by atoms with E-state index in [0.29, 0.717) is 6.42 Å². The summed E-state index contributed by atoms with van der Waals surface area (Å²) in [4.78, 5) is 20.7. The zero-order valence-electron chi connectivity index (χ0n) is 14.3. The maximum Gasteiger partial charge on any atom is 0.342 e. The van der Waals surface area contributed by atoms with Crippen molar-refractivity contribution in [2.45, 2.75) is 104 Å². The summed E-state index contributed by atoms with van der Waals surface area (Å²) in [5.41, 5.74) is 0. The van der Waals surface area contributed by atoms with Gasteiger partial charge in [-0.25, -0.2) is 4.79 Å². The fourth-order valence-corrected chi connectivity index (χ4v) is 2.13. The molecular formula is C17H34O3Ti. The summed E-state index contributed by atoms with van der Waals surface area (Å²) in [7, 11) is 0. The van der Waals surface area contributed by atoms with Crippen LogP contribution in [-0.2, 0) is 36.3 Å². The zero-order chi connectivity index (χ0) is 15.1. The van der Waals surface area contributed by atoms with E-state index in [-0.39, 0.29) is 33.8 Å². The van der Waals surface area contributed by atoms with Crippen LogP contribution in [-0.4, -0.2) is 12.1 Å². The molecule has 4 heteroatoms. The first kappa shape index (κ1) is 23.4. The molecule has 0 saturated heterocycles. The minimum atomic E-state index is -0.241. The van der Waals surface area contributed by atoms with Gasteiger partial charge in [0.1, 0.15) is 0 Å². The third-order valence-corrected chi connectivity index (χ3v) is 3.32. The van der Waals surface area contributed by atoms with Crippen molar-refractivity contribution < 1.29 is 36.3 Å². The summed E-state index contributed by atoms with van der Waals surface area (Å²) in [5, 5.41) is 0. The second kappa shape index (κ2) is 18.2. The number of unbranched alkanes of at least 4 members (excludes halogenated alkanes) is 10. The summed E-state index contributed by atoms with van der Waals surface area (Å²) in [6.07, 6.45) is 14.6. The van der Waals surface area contributed by atoms with E-state index in [1.54, 1.807) is 0 Å². The van der Waals surface area contributed by atoms with E-state index in [0.717, 1.165) is 12.8 Å². The van der Waals surface area contributed by atoms with Gasteiger partial charge >= 0.3 is 5.97 Å². The Morgan fingerprint density at radius 2 is 1.24 bits per heavy atom. The Morgan fingerprint density at radius 3 is 1.67 bits per heavy atom. The maximum atomic E-state index is 11.3. The first-order valence-electron chi connectivity index (χ1n) is 8.53. The molecule has 21 heavy (non-hydrogen) atoms. The van der Waals surface area contributed by atoms with Crippen LogP contribution in [0.25, 0.3) is 0 Å². The molecule has 0 aliphatic rings. The fourth-order valence-electron chi connectivity index (χ4n) is 2.13. The van der Waals surface area contributed by atoms with Crippen LogP contribution in [0, 0.1) is 0 Å². The van der Waals surface area contributed by atoms with Crippen molar-refractivity contribution in [1.29, 1.82) is 0 Å². The predicted octanol–water partition coefficient (Wildman–Crippen LogP) is 5.57. The number of hydrogen-bond acceptors (Lipinski definition) is 3. The van der Waals surface area contributed by atoms with Gasteiger partial charge in [0, 0.05) is 28.1 Å². The minimum absolute atomic E-state index is 0. The van der Waals surface area contributed by atoms with Crippen LogP contribution in [0.5, 0.6) is 0 Å². The van der Waals surface area contributed by atoms with Gasteiger partial charge in [0.2, 0.25) is 0 Å². The Balaban J connectivity index is 0. The van der Waals surface area contributed by atoms with E-state index < -0.39 is 0 Å². The van der Waals surface area contributed by atoms with E-state index in [9.17, 15) is 4.79 Å². The van der Waals surface area contributed by atoms with Crippen LogP contribution in [0.3, 0.4) is 0 Å². The van der Waals surface area contributed by atoms with E-state index in [2.05, 4.69) is 11.8 Å². The fraction of sp³-hybridized carbons (Fsp3) is 0.941. The van der Waals surface area contributed by atoms with Crippen molar-refractivity contribution >= 4 is 5.97 Å². The molecule has 0 N–H and O–H groups in total. The second-order valence-corrected chi connectivity index (χ2v) is 5.89. The molecule has 0 spiro atoms.